The Bertz CT molecular complexity index is 1130. The fourth-order valence-corrected chi connectivity index (χ4v) is 2.99. The fourth-order valence-electron chi connectivity index (χ4n) is 2.88. The number of hydrogen-bond acceptors (Lipinski definition) is 5. The minimum atomic E-state index is -0.697. The van der Waals surface area contributed by atoms with Gasteiger partial charge in [-0.05, 0) is 48.4 Å². The van der Waals surface area contributed by atoms with Gasteiger partial charge in [-0.3, -0.25) is 4.79 Å². The van der Waals surface area contributed by atoms with E-state index in [4.69, 9.17) is 22.1 Å². The van der Waals surface area contributed by atoms with Crippen molar-refractivity contribution in [3.05, 3.63) is 77.8 Å². The molecule has 1 atom stereocenters. The van der Waals surface area contributed by atoms with Gasteiger partial charge < -0.3 is 20.8 Å². The second-order valence-corrected chi connectivity index (χ2v) is 6.85. The van der Waals surface area contributed by atoms with Crippen molar-refractivity contribution in [2.75, 3.05) is 5.32 Å². The van der Waals surface area contributed by atoms with Crippen molar-refractivity contribution in [2.45, 2.75) is 12.5 Å². The van der Waals surface area contributed by atoms with E-state index in [1.165, 1.54) is 6.20 Å². The average molecular weight is 408 g/mol. The maximum atomic E-state index is 12.3. The highest BCUT2D eigenvalue weighted by Crippen LogP contribution is 2.28. The Balaban J connectivity index is 1.38. The SMILES string of the molecule is NC(Cc1ccc(Oc2ccnc3[nH]ccc23)cc1)C(=O)Nc1ccc(Cl)nc1. The van der Waals surface area contributed by atoms with Gasteiger partial charge >= 0.3 is 0 Å². The zero-order chi connectivity index (χ0) is 20.2. The number of H-pyrrole nitrogens is 1. The van der Waals surface area contributed by atoms with Gasteiger partial charge in [0.25, 0.3) is 0 Å². The van der Waals surface area contributed by atoms with E-state index in [2.05, 4.69) is 20.3 Å². The number of amides is 1. The summed E-state index contributed by atoms with van der Waals surface area (Å²) in [6, 6.07) is 13.8. The molecule has 0 spiro atoms. The molecule has 0 saturated carbocycles. The lowest BCUT2D eigenvalue weighted by molar-refractivity contribution is -0.117. The second-order valence-electron chi connectivity index (χ2n) is 6.46. The van der Waals surface area contributed by atoms with Gasteiger partial charge in [0.1, 0.15) is 22.3 Å². The Morgan fingerprint density at radius 3 is 2.72 bits per heavy atom. The van der Waals surface area contributed by atoms with Crippen LogP contribution in [0.1, 0.15) is 5.56 Å². The number of anilines is 1. The van der Waals surface area contributed by atoms with Gasteiger partial charge in [-0.2, -0.15) is 0 Å². The summed E-state index contributed by atoms with van der Waals surface area (Å²) in [6.07, 6.45) is 5.39. The maximum absolute atomic E-state index is 12.3. The standard InChI is InChI=1S/C21H18ClN5O2/c22-19-6-3-14(12-26-19)27-21(28)17(23)11-13-1-4-15(5-2-13)29-18-8-10-25-20-16(18)7-9-24-20/h1-10,12,17H,11,23H2,(H,24,25)(H,27,28). The molecule has 0 saturated heterocycles. The topological polar surface area (TPSA) is 106 Å². The van der Waals surface area contributed by atoms with Crippen LogP contribution in [0, 0.1) is 0 Å². The number of aromatic nitrogens is 3. The summed E-state index contributed by atoms with van der Waals surface area (Å²) in [6.45, 7) is 0. The number of halogens is 1. The molecule has 7 nitrogen and oxygen atoms in total. The summed E-state index contributed by atoms with van der Waals surface area (Å²) in [7, 11) is 0. The zero-order valence-corrected chi connectivity index (χ0v) is 16.1. The van der Waals surface area contributed by atoms with Crippen molar-refractivity contribution >= 4 is 34.2 Å². The van der Waals surface area contributed by atoms with Gasteiger partial charge in [0.2, 0.25) is 5.91 Å². The monoisotopic (exact) mass is 407 g/mol. The molecule has 0 aliphatic heterocycles. The molecule has 0 aliphatic carbocycles. The summed E-state index contributed by atoms with van der Waals surface area (Å²) < 4.78 is 5.96. The van der Waals surface area contributed by atoms with Crippen LogP contribution >= 0.6 is 11.6 Å². The molecule has 146 valence electrons. The van der Waals surface area contributed by atoms with E-state index in [0.29, 0.717) is 23.0 Å². The molecular formula is C21H18ClN5O2. The maximum Gasteiger partial charge on any atom is 0.241 e. The summed E-state index contributed by atoms with van der Waals surface area (Å²) >= 11 is 5.74. The van der Waals surface area contributed by atoms with Crippen molar-refractivity contribution < 1.29 is 9.53 Å². The van der Waals surface area contributed by atoms with Crippen LogP contribution in [0.25, 0.3) is 11.0 Å². The molecule has 29 heavy (non-hydrogen) atoms. The first-order valence-corrected chi connectivity index (χ1v) is 9.33. The van der Waals surface area contributed by atoms with Gasteiger partial charge in [0, 0.05) is 12.4 Å². The van der Waals surface area contributed by atoms with Crippen LogP contribution in [0.4, 0.5) is 5.69 Å². The first-order chi connectivity index (χ1) is 14.1. The largest absolute Gasteiger partial charge is 0.457 e. The molecule has 0 radical (unpaired) electrons. The summed E-state index contributed by atoms with van der Waals surface area (Å²) in [4.78, 5) is 23.5. The number of aromatic amines is 1. The van der Waals surface area contributed by atoms with Gasteiger partial charge in [-0.1, -0.05) is 23.7 Å². The van der Waals surface area contributed by atoms with Crippen molar-refractivity contribution in [3.8, 4) is 11.5 Å². The quantitative estimate of drug-likeness (QED) is 0.420. The Morgan fingerprint density at radius 2 is 1.97 bits per heavy atom. The van der Waals surface area contributed by atoms with Gasteiger partial charge in [0.05, 0.1) is 23.3 Å². The highest BCUT2D eigenvalue weighted by molar-refractivity contribution is 6.29. The third-order valence-electron chi connectivity index (χ3n) is 4.36. The Morgan fingerprint density at radius 1 is 1.14 bits per heavy atom. The molecule has 0 bridgehead atoms. The molecule has 8 heteroatoms. The Labute approximate surface area is 171 Å². The highest BCUT2D eigenvalue weighted by atomic mass is 35.5. The van der Waals surface area contributed by atoms with Crippen LogP contribution in [0.15, 0.2) is 67.1 Å². The van der Waals surface area contributed by atoms with E-state index < -0.39 is 6.04 Å². The van der Waals surface area contributed by atoms with E-state index >= 15 is 0 Å². The molecule has 3 heterocycles. The molecule has 3 aromatic heterocycles. The lowest BCUT2D eigenvalue weighted by Crippen LogP contribution is -2.37. The van der Waals surface area contributed by atoms with Gasteiger partial charge in [0.15, 0.2) is 0 Å². The Hall–Kier alpha value is -3.42. The number of nitrogens with one attached hydrogen (secondary N) is 2. The number of pyridine rings is 2. The number of ether oxygens (including phenoxy) is 1. The van der Waals surface area contributed by atoms with Crippen LogP contribution < -0.4 is 15.8 Å². The van der Waals surface area contributed by atoms with E-state index in [1.54, 1.807) is 18.3 Å². The molecule has 1 amide bonds. The number of benzene rings is 1. The summed E-state index contributed by atoms with van der Waals surface area (Å²) in [5, 5.41) is 4.00. The molecule has 1 unspecified atom stereocenters. The van der Waals surface area contributed by atoms with Crippen LogP contribution in [0.5, 0.6) is 11.5 Å². The minimum absolute atomic E-state index is 0.291. The fraction of sp³-hybridized carbons (Fsp3) is 0.0952. The van der Waals surface area contributed by atoms with Crippen LogP contribution in [0.3, 0.4) is 0 Å². The molecule has 0 aliphatic rings. The third kappa shape index (κ3) is 4.53. The van der Waals surface area contributed by atoms with Crippen molar-refractivity contribution in [1.29, 1.82) is 0 Å². The van der Waals surface area contributed by atoms with E-state index in [0.717, 1.165) is 22.3 Å². The third-order valence-corrected chi connectivity index (χ3v) is 4.58. The predicted molar refractivity (Wildman–Crippen MR) is 112 cm³/mol. The van der Waals surface area contributed by atoms with Gasteiger partial charge in [-0.15, -0.1) is 0 Å². The van der Waals surface area contributed by atoms with Crippen LogP contribution in [-0.4, -0.2) is 26.9 Å². The molecule has 4 N–H and O–H groups in total. The van der Waals surface area contributed by atoms with Crippen molar-refractivity contribution in [3.63, 3.8) is 0 Å². The number of fused-ring (bicyclic) bond motifs is 1. The van der Waals surface area contributed by atoms with E-state index in [-0.39, 0.29) is 5.91 Å². The predicted octanol–water partition coefficient (Wildman–Crippen LogP) is 3.91. The molecule has 4 rings (SSSR count). The van der Waals surface area contributed by atoms with E-state index in [9.17, 15) is 4.79 Å². The number of rotatable bonds is 6. The lowest BCUT2D eigenvalue weighted by Gasteiger charge is -2.13. The van der Waals surface area contributed by atoms with Crippen molar-refractivity contribution in [2.24, 2.45) is 5.73 Å². The number of nitrogens with two attached hydrogens (primary N) is 1. The minimum Gasteiger partial charge on any atom is -0.457 e. The molecule has 1 aromatic carbocycles. The zero-order valence-electron chi connectivity index (χ0n) is 15.3. The summed E-state index contributed by atoms with van der Waals surface area (Å²) in [5.74, 6) is 1.12. The number of carbonyl (C=O) groups is 1. The van der Waals surface area contributed by atoms with Crippen LogP contribution in [-0.2, 0) is 11.2 Å². The smallest absolute Gasteiger partial charge is 0.241 e. The Kier molecular flexibility index (Phi) is 5.41. The average Bonchev–Trinajstić information content (AvgIpc) is 3.21. The van der Waals surface area contributed by atoms with E-state index in [1.807, 2.05) is 42.6 Å². The normalized spacial score (nSPS) is 11.9. The molecule has 0 fully saturated rings. The number of carbonyl (C=O) groups excluding carboxylic acids is 1. The number of nitrogens with zero attached hydrogens (tertiary/aromatic N) is 2. The summed E-state index contributed by atoms with van der Waals surface area (Å²) in [5.41, 5.74) is 8.28. The molecule has 4 aromatic rings. The molecular weight excluding hydrogens is 390 g/mol. The van der Waals surface area contributed by atoms with Crippen LogP contribution in [0.2, 0.25) is 5.15 Å². The van der Waals surface area contributed by atoms with Gasteiger partial charge in [-0.25, -0.2) is 9.97 Å². The first-order valence-electron chi connectivity index (χ1n) is 8.95. The second kappa shape index (κ2) is 8.30. The lowest BCUT2D eigenvalue weighted by atomic mass is 10.1. The first kappa shape index (κ1) is 18.9. The number of hydrogen-bond donors (Lipinski definition) is 3. The van der Waals surface area contributed by atoms with Crippen molar-refractivity contribution in [1.82, 2.24) is 15.0 Å². The highest BCUT2D eigenvalue weighted by Gasteiger charge is 2.15.